The summed E-state index contributed by atoms with van der Waals surface area (Å²) in [5.74, 6) is 0.425. The zero-order chi connectivity index (χ0) is 12.6. The molecule has 0 radical (unpaired) electrons. The van der Waals surface area contributed by atoms with Crippen molar-refractivity contribution >= 4 is 16.5 Å². The SMILES string of the molecule is C=C(c1nn(C(C)C)c2ccccc12)C(C)C. The Kier molecular flexibility index (Phi) is 3.05. The van der Waals surface area contributed by atoms with Crippen LogP contribution in [-0.2, 0) is 0 Å². The lowest BCUT2D eigenvalue weighted by atomic mass is 9.99. The minimum atomic E-state index is 0.369. The van der Waals surface area contributed by atoms with Gasteiger partial charge in [0.25, 0.3) is 0 Å². The molecule has 1 heterocycles. The van der Waals surface area contributed by atoms with E-state index in [0.29, 0.717) is 12.0 Å². The third-order valence-corrected chi connectivity index (χ3v) is 3.10. The number of hydrogen-bond donors (Lipinski definition) is 0. The predicted molar refractivity (Wildman–Crippen MR) is 74.0 cm³/mol. The largest absolute Gasteiger partial charge is 0.262 e. The van der Waals surface area contributed by atoms with Crippen molar-refractivity contribution in [3.63, 3.8) is 0 Å². The minimum Gasteiger partial charge on any atom is -0.262 e. The van der Waals surface area contributed by atoms with Crippen LogP contribution < -0.4 is 0 Å². The summed E-state index contributed by atoms with van der Waals surface area (Å²) >= 11 is 0. The zero-order valence-corrected chi connectivity index (χ0v) is 11.1. The standard InChI is InChI=1S/C15H20N2/c1-10(2)12(5)15-13-8-6-7-9-14(13)17(16-15)11(3)4/h6-11H,5H2,1-4H3. The van der Waals surface area contributed by atoms with Gasteiger partial charge in [-0.05, 0) is 31.4 Å². The molecule has 0 N–H and O–H groups in total. The first-order valence-electron chi connectivity index (χ1n) is 6.18. The van der Waals surface area contributed by atoms with E-state index in [1.165, 1.54) is 10.9 Å². The van der Waals surface area contributed by atoms with Crippen molar-refractivity contribution in [2.75, 3.05) is 0 Å². The molecule has 0 spiro atoms. The fourth-order valence-corrected chi connectivity index (χ4v) is 1.99. The van der Waals surface area contributed by atoms with E-state index in [9.17, 15) is 0 Å². The fraction of sp³-hybridized carbons (Fsp3) is 0.400. The van der Waals surface area contributed by atoms with Gasteiger partial charge < -0.3 is 0 Å². The highest BCUT2D eigenvalue weighted by Gasteiger charge is 2.15. The maximum absolute atomic E-state index is 4.73. The van der Waals surface area contributed by atoms with Crippen molar-refractivity contribution in [3.05, 3.63) is 36.5 Å². The Labute approximate surface area is 103 Å². The van der Waals surface area contributed by atoms with Gasteiger partial charge in [-0.1, -0.05) is 38.6 Å². The molecule has 0 amide bonds. The Morgan fingerprint density at radius 1 is 1.18 bits per heavy atom. The monoisotopic (exact) mass is 228 g/mol. The number of aromatic nitrogens is 2. The Bertz CT molecular complexity index is 547. The van der Waals surface area contributed by atoms with Gasteiger partial charge in [0.05, 0.1) is 11.2 Å². The predicted octanol–water partition coefficient (Wildman–Crippen LogP) is 4.29. The lowest BCUT2D eigenvalue weighted by Gasteiger charge is -2.07. The van der Waals surface area contributed by atoms with Crippen molar-refractivity contribution in [3.8, 4) is 0 Å². The molecule has 0 atom stereocenters. The lowest BCUT2D eigenvalue weighted by Crippen LogP contribution is -2.03. The van der Waals surface area contributed by atoms with Crippen molar-refractivity contribution in [1.82, 2.24) is 9.78 Å². The molecule has 0 aliphatic rings. The van der Waals surface area contributed by atoms with Crippen LogP contribution >= 0.6 is 0 Å². The van der Waals surface area contributed by atoms with Crippen LogP contribution in [0.4, 0.5) is 0 Å². The number of benzene rings is 1. The van der Waals surface area contributed by atoms with E-state index in [-0.39, 0.29) is 0 Å². The van der Waals surface area contributed by atoms with Crippen LogP contribution in [0.2, 0.25) is 0 Å². The van der Waals surface area contributed by atoms with E-state index in [4.69, 9.17) is 5.10 Å². The van der Waals surface area contributed by atoms with Crippen molar-refractivity contribution in [2.45, 2.75) is 33.7 Å². The van der Waals surface area contributed by atoms with Crippen LogP contribution in [0, 0.1) is 5.92 Å². The summed E-state index contributed by atoms with van der Waals surface area (Å²) in [5, 5.41) is 5.94. The Hall–Kier alpha value is -1.57. The maximum Gasteiger partial charge on any atom is 0.0958 e. The molecule has 0 aliphatic heterocycles. The van der Waals surface area contributed by atoms with E-state index in [1.54, 1.807) is 0 Å². The molecule has 0 saturated heterocycles. The number of nitrogens with zero attached hydrogens (tertiary/aromatic N) is 2. The van der Waals surface area contributed by atoms with E-state index in [0.717, 1.165) is 11.3 Å². The quantitative estimate of drug-likeness (QED) is 0.766. The van der Waals surface area contributed by atoms with Gasteiger partial charge in [-0.3, -0.25) is 4.68 Å². The molecule has 0 saturated carbocycles. The molecule has 2 heteroatoms. The van der Waals surface area contributed by atoms with Crippen LogP contribution in [0.5, 0.6) is 0 Å². The number of para-hydroxylation sites is 1. The molecule has 17 heavy (non-hydrogen) atoms. The highest BCUT2D eigenvalue weighted by molar-refractivity contribution is 5.90. The Morgan fingerprint density at radius 3 is 2.41 bits per heavy atom. The zero-order valence-electron chi connectivity index (χ0n) is 11.1. The number of allylic oxidation sites excluding steroid dienone is 1. The molecule has 2 nitrogen and oxygen atoms in total. The molecule has 90 valence electrons. The van der Waals surface area contributed by atoms with E-state index in [1.807, 2.05) is 0 Å². The summed E-state index contributed by atoms with van der Waals surface area (Å²) in [7, 11) is 0. The van der Waals surface area contributed by atoms with Gasteiger partial charge in [0.15, 0.2) is 0 Å². The molecular weight excluding hydrogens is 208 g/mol. The van der Waals surface area contributed by atoms with Gasteiger partial charge in [0.1, 0.15) is 0 Å². The number of hydrogen-bond acceptors (Lipinski definition) is 1. The van der Waals surface area contributed by atoms with Gasteiger partial charge in [-0.15, -0.1) is 0 Å². The van der Waals surface area contributed by atoms with Gasteiger partial charge in [-0.25, -0.2) is 0 Å². The molecule has 2 rings (SSSR count). The first kappa shape index (κ1) is 11.9. The highest BCUT2D eigenvalue weighted by Crippen LogP contribution is 2.29. The third kappa shape index (κ3) is 1.99. The van der Waals surface area contributed by atoms with Crippen molar-refractivity contribution < 1.29 is 0 Å². The summed E-state index contributed by atoms with van der Waals surface area (Å²) in [6.45, 7) is 12.8. The molecule has 0 unspecified atom stereocenters. The smallest absolute Gasteiger partial charge is 0.0958 e. The summed E-state index contributed by atoms with van der Waals surface area (Å²) in [6, 6.07) is 8.74. The summed E-state index contributed by atoms with van der Waals surface area (Å²) in [6.07, 6.45) is 0. The van der Waals surface area contributed by atoms with Gasteiger partial charge in [0, 0.05) is 11.4 Å². The molecule has 2 aromatic rings. The second-order valence-corrected chi connectivity index (χ2v) is 5.08. The molecular formula is C15H20N2. The highest BCUT2D eigenvalue weighted by atomic mass is 15.3. The van der Waals surface area contributed by atoms with Crippen LogP contribution in [0.1, 0.15) is 39.4 Å². The minimum absolute atomic E-state index is 0.369. The molecule has 0 bridgehead atoms. The van der Waals surface area contributed by atoms with Gasteiger partial charge in [-0.2, -0.15) is 5.10 Å². The Balaban J connectivity index is 2.69. The second kappa shape index (κ2) is 4.36. The van der Waals surface area contributed by atoms with Crippen molar-refractivity contribution in [1.29, 1.82) is 0 Å². The average Bonchev–Trinajstić information content (AvgIpc) is 2.67. The van der Waals surface area contributed by atoms with Crippen LogP contribution in [-0.4, -0.2) is 9.78 Å². The van der Waals surface area contributed by atoms with Crippen LogP contribution in [0.25, 0.3) is 16.5 Å². The first-order chi connectivity index (χ1) is 8.02. The lowest BCUT2D eigenvalue weighted by molar-refractivity contribution is 0.548. The fourth-order valence-electron chi connectivity index (χ4n) is 1.99. The van der Waals surface area contributed by atoms with E-state index < -0.39 is 0 Å². The first-order valence-corrected chi connectivity index (χ1v) is 6.18. The van der Waals surface area contributed by atoms with Crippen molar-refractivity contribution in [2.24, 2.45) is 5.92 Å². The van der Waals surface area contributed by atoms with Gasteiger partial charge >= 0.3 is 0 Å². The molecule has 0 fully saturated rings. The Morgan fingerprint density at radius 2 is 1.82 bits per heavy atom. The molecule has 0 aliphatic carbocycles. The number of rotatable bonds is 3. The third-order valence-electron chi connectivity index (χ3n) is 3.10. The molecule has 1 aromatic heterocycles. The van der Waals surface area contributed by atoms with E-state index in [2.05, 4.69) is 63.2 Å². The second-order valence-electron chi connectivity index (χ2n) is 5.08. The summed E-state index contributed by atoms with van der Waals surface area (Å²) < 4.78 is 2.08. The van der Waals surface area contributed by atoms with Crippen LogP contribution in [0.15, 0.2) is 30.8 Å². The topological polar surface area (TPSA) is 17.8 Å². The van der Waals surface area contributed by atoms with Crippen LogP contribution in [0.3, 0.4) is 0 Å². The summed E-state index contributed by atoms with van der Waals surface area (Å²) in [5.41, 5.74) is 3.35. The van der Waals surface area contributed by atoms with E-state index >= 15 is 0 Å². The average molecular weight is 228 g/mol. The molecule has 1 aromatic carbocycles. The summed E-state index contributed by atoms with van der Waals surface area (Å²) in [4.78, 5) is 0. The number of fused-ring (bicyclic) bond motifs is 1. The van der Waals surface area contributed by atoms with Gasteiger partial charge in [0.2, 0.25) is 0 Å². The maximum atomic E-state index is 4.73. The normalized spacial score (nSPS) is 11.6.